The maximum absolute atomic E-state index is 13.9. The number of hydrogen-bond acceptors (Lipinski definition) is 4. The van der Waals surface area contributed by atoms with Gasteiger partial charge in [0.05, 0.1) is 10.6 Å². The van der Waals surface area contributed by atoms with Gasteiger partial charge in [0.2, 0.25) is 15.9 Å². The monoisotopic (exact) mass is 497 g/mol. The largest absolute Gasteiger partial charge is 0.329 e. The Morgan fingerprint density at radius 2 is 1.74 bits per heavy atom. The van der Waals surface area contributed by atoms with Crippen molar-refractivity contribution in [1.29, 1.82) is 0 Å². The SMILES string of the molecule is CCCN(CC(=O)Nc1ccc(F)c(F)c1F)C(=O)c1cccc(S(=O)(=O)N2CCCCC2)c1. The molecule has 1 fully saturated rings. The van der Waals surface area contributed by atoms with Gasteiger partial charge < -0.3 is 10.2 Å². The molecular formula is C23H26F3N3O4S. The number of piperidine rings is 1. The minimum atomic E-state index is -3.76. The average molecular weight is 498 g/mol. The molecule has 3 rings (SSSR count). The Bertz CT molecular complexity index is 1170. The molecule has 1 heterocycles. The maximum atomic E-state index is 13.9. The molecule has 0 bridgehead atoms. The Hall–Kier alpha value is -2.92. The van der Waals surface area contributed by atoms with Crippen LogP contribution < -0.4 is 5.32 Å². The summed E-state index contributed by atoms with van der Waals surface area (Å²) in [5.41, 5.74) is -0.472. The number of nitrogens with one attached hydrogen (secondary N) is 1. The number of sulfonamides is 1. The van der Waals surface area contributed by atoms with Gasteiger partial charge in [-0.05, 0) is 49.6 Å². The number of rotatable bonds is 8. The molecule has 0 aromatic heterocycles. The molecule has 2 aromatic carbocycles. The molecule has 1 saturated heterocycles. The number of amides is 2. The van der Waals surface area contributed by atoms with E-state index in [1.807, 2.05) is 0 Å². The molecule has 2 amide bonds. The van der Waals surface area contributed by atoms with Gasteiger partial charge in [-0.15, -0.1) is 0 Å². The Labute approximate surface area is 196 Å². The van der Waals surface area contributed by atoms with Gasteiger partial charge in [0, 0.05) is 25.2 Å². The van der Waals surface area contributed by atoms with Gasteiger partial charge in [-0.25, -0.2) is 21.6 Å². The Balaban J connectivity index is 1.77. The Morgan fingerprint density at radius 1 is 1.03 bits per heavy atom. The van der Waals surface area contributed by atoms with Crippen molar-refractivity contribution < 1.29 is 31.2 Å². The summed E-state index contributed by atoms with van der Waals surface area (Å²) in [5, 5.41) is 2.14. The lowest BCUT2D eigenvalue weighted by Gasteiger charge is -2.26. The molecule has 1 N–H and O–H groups in total. The van der Waals surface area contributed by atoms with E-state index in [2.05, 4.69) is 5.32 Å². The van der Waals surface area contributed by atoms with Gasteiger partial charge in [0.25, 0.3) is 5.91 Å². The van der Waals surface area contributed by atoms with Gasteiger partial charge in [0.1, 0.15) is 6.54 Å². The van der Waals surface area contributed by atoms with E-state index in [0.717, 1.165) is 25.3 Å². The van der Waals surface area contributed by atoms with Crippen LogP contribution in [-0.4, -0.2) is 55.6 Å². The zero-order valence-electron chi connectivity index (χ0n) is 18.7. The molecule has 0 atom stereocenters. The summed E-state index contributed by atoms with van der Waals surface area (Å²) in [6.45, 7) is 2.29. The van der Waals surface area contributed by atoms with Crippen molar-refractivity contribution in [3.05, 3.63) is 59.4 Å². The molecule has 7 nitrogen and oxygen atoms in total. The summed E-state index contributed by atoms with van der Waals surface area (Å²) in [7, 11) is -3.76. The lowest BCUT2D eigenvalue weighted by molar-refractivity contribution is -0.116. The van der Waals surface area contributed by atoms with E-state index in [9.17, 15) is 31.2 Å². The zero-order chi connectivity index (χ0) is 24.9. The van der Waals surface area contributed by atoms with Crippen LogP contribution in [-0.2, 0) is 14.8 Å². The molecule has 34 heavy (non-hydrogen) atoms. The maximum Gasteiger partial charge on any atom is 0.254 e. The standard InChI is InChI=1S/C23H26F3N3O4S/c1-2-11-28(15-20(30)27-19-10-9-18(24)21(25)22(19)26)23(31)16-7-6-8-17(14-16)34(32,33)29-12-4-3-5-13-29/h6-10,14H,2-5,11-13,15H2,1H3,(H,27,30). The van der Waals surface area contributed by atoms with Crippen LogP contribution in [0.4, 0.5) is 18.9 Å². The van der Waals surface area contributed by atoms with Gasteiger partial charge in [-0.2, -0.15) is 4.31 Å². The van der Waals surface area contributed by atoms with Crippen molar-refractivity contribution in [3.63, 3.8) is 0 Å². The third-order valence-corrected chi connectivity index (χ3v) is 7.35. The predicted octanol–water partition coefficient (Wildman–Crippen LogP) is 3.77. The van der Waals surface area contributed by atoms with E-state index in [4.69, 9.17) is 0 Å². The lowest BCUT2D eigenvalue weighted by Crippen LogP contribution is -2.39. The molecule has 0 spiro atoms. The van der Waals surface area contributed by atoms with Crippen molar-refractivity contribution in [3.8, 4) is 0 Å². The van der Waals surface area contributed by atoms with Crippen LogP contribution in [0, 0.1) is 17.5 Å². The van der Waals surface area contributed by atoms with Gasteiger partial charge in [-0.1, -0.05) is 19.4 Å². The van der Waals surface area contributed by atoms with E-state index in [1.54, 1.807) is 6.92 Å². The van der Waals surface area contributed by atoms with Gasteiger partial charge in [-0.3, -0.25) is 9.59 Å². The molecule has 0 aliphatic carbocycles. The fourth-order valence-electron chi connectivity index (χ4n) is 3.73. The van der Waals surface area contributed by atoms with Crippen LogP contribution in [0.2, 0.25) is 0 Å². The highest BCUT2D eigenvalue weighted by molar-refractivity contribution is 7.89. The second kappa shape index (κ2) is 11.0. The van der Waals surface area contributed by atoms with Gasteiger partial charge >= 0.3 is 0 Å². The number of anilines is 1. The number of nitrogens with zero attached hydrogens (tertiary/aromatic N) is 2. The third kappa shape index (κ3) is 5.76. The molecule has 184 valence electrons. The van der Waals surface area contributed by atoms with Crippen molar-refractivity contribution in [1.82, 2.24) is 9.21 Å². The normalized spacial score (nSPS) is 14.6. The summed E-state index contributed by atoms with van der Waals surface area (Å²) in [4.78, 5) is 26.7. The Kier molecular flexibility index (Phi) is 8.32. The van der Waals surface area contributed by atoms with Crippen LogP contribution in [0.1, 0.15) is 43.0 Å². The van der Waals surface area contributed by atoms with E-state index < -0.39 is 51.5 Å². The first-order valence-corrected chi connectivity index (χ1v) is 12.4. The minimum Gasteiger partial charge on any atom is -0.329 e. The van der Waals surface area contributed by atoms with Crippen LogP contribution in [0.15, 0.2) is 41.3 Å². The number of halogens is 3. The fraction of sp³-hybridized carbons (Fsp3) is 0.391. The van der Waals surface area contributed by atoms with E-state index in [1.165, 1.54) is 33.5 Å². The van der Waals surface area contributed by atoms with Crippen molar-refractivity contribution >= 4 is 27.5 Å². The highest BCUT2D eigenvalue weighted by Crippen LogP contribution is 2.22. The number of carbonyl (C=O) groups excluding carboxylic acids is 2. The van der Waals surface area contributed by atoms with Gasteiger partial charge in [0.15, 0.2) is 17.5 Å². The highest BCUT2D eigenvalue weighted by atomic mass is 32.2. The molecule has 11 heteroatoms. The molecule has 2 aromatic rings. The zero-order valence-corrected chi connectivity index (χ0v) is 19.5. The second-order valence-electron chi connectivity index (χ2n) is 7.99. The first-order chi connectivity index (χ1) is 16.1. The summed E-state index contributed by atoms with van der Waals surface area (Å²) in [5.74, 6) is -6.05. The second-order valence-corrected chi connectivity index (χ2v) is 9.93. The smallest absolute Gasteiger partial charge is 0.254 e. The summed E-state index contributed by atoms with van der Waals surface area (Å²) in [6.07, 6.45) is 3.00. The van der Waals surface area contributed by atoms with E-state index in [-0.39, 0.29) is 17.0 Å². The summed E-state index contributed by atoms with van der Waals surface area (Å²) < 4.78 is 67.7. The minimum absolute atomic E-state index is 0.00925. The molecule has 1 aliphatic rings. The first-order valence-electron chi connectivity index (χ1n) is 11.0. The predicted molar refractivity (Wildman–Crippen MR) is 120 cm³/mol. The number of carbonyl (C=O) groups is 2. The van der Waals surface area contributed by atoms with Crippen LogP contribution in [0.3, 0.4) is 0 Å². The van der Waals surface area contributed by atoms with Crippen molar-refractivity contribution in [2.24, 2.45) is 0 Å². The van der Waals surface area contributed by atoms with Crippen LogP contribution in [0.5, 0.6) is 0 Å². The number of hydrogen-bond donors (Lipinski definition) is 1. The van der Waals surface area contributed by atoms with Crippen molar-refractivity contribution in [2.45, 2.75) is 37.5 Å². The molecule has 1 aliphatic heterocycles. The quantitative estimate of drug-likeness (QED) is 0.563. The van der Waals surface area contributed by atoms with E-state index in [0.29, 0.717) is 25.6 Å². The lowest BCUT2D eigenvalue weighted by atomic mass is 10.2. The Morgan fingerprint density at radius 3 is 2.41 bits per heavy atom. The average Bonchev–Trinajstić information content (AvgIpc) is 2.84. The molecule has 0 saturated carbocycles. The third-order valence-electron chi connectivity index (χ3n) is 5.46. The van der Waals surface area contributed by atoms with Crippen LogP contribution in [0.25, 0.3) is 0 Å². The molecule has 0 unspecified atom stereocenters. The molecular weight excluding hydrogens is 471 g/mol. The summed E-state index contributed by atoms with van der Waals surface area (Å²) in [6, 6.07) is 7.17. The number of benzene rings is 2. The first kappa shape index (κ1) is 25.7. The van der Waals surface area contributed by atoms with Crippen LogP contribution >= 0.6 is 0 Å². The van der Waals surface area contributed by atoms with E-state index >= 15 is 0 Å². The van der Waals surface area contributed by atoms with Crippen molar-refractivity contribution in [2.75, 3.05) is 31.5 Å². The fourth-order valence-corrected chi connectivity index (χ4v) is 5.30. The highest BCUT2D eigenvalue weighted by Gasteiger charge is 2.27. The topological polar surface area (TPSA) is 86.8 Å². The summed E-state index contributed by atoms with van der Waals surface area (Å²) >= 11 is 0. The molecule has 0 radical (unpaired) electrons.